The van der Waals surface area contributed by atoms with E-state index < -0.39 is 22.3 Å². The number of hydrogen-bond acceptors (Lipinski definition) is 5. The number of carbonyl (C=O) groups is 3. The molecule has 6 nitrogen and oxygen atoms in total. The Morgan fingerprint density at radius 1 is 1.00 bits per heavy atom. The molecule has 4 rings (SSSR count). The van der Waals surface area contributed by atoms with E-state index in [2.05, 4.69) is 5.32 Å². The zero-order valence-electron chi connectivity index (χ0n) is 17.8. The van der Waals surface area contributed by atoms with Crippen molar-refractivity contribution in [1.82, 2.24) is 10.2 Å². The first-order valence-electron chi connectivity index (χ1n) is 10.3. The molecule has 2 fully saturated rings. The molecule has 3 atom stereocenters. The Hall–Kier alpha value is -2.80. The Bertz CT molecular complexity index is 995. The number of amides is 2. The minimum absolute atomic E-state index is 0.161. The summed E-state index contributed by atoms with van der Waals surface area (Å²) in [6, 6.07) is 18.2. The lowest BCUT2D eigenvalue weighted by Crippen LogP contribution is -2.78. The highest BCUT2D eigenvalue weighted by Gasteiger charge is 2.70. The van der Waals surface area contributed by atoms with Crippen LogP contribution in [-0.4, -0.2) is 44.4 Å². The van der Waals surface area contributed by atoms with Crippen molar-refractivity contribution in [3.05, 3.63) is 71.8 Å². The highest BCUT2D eigenvalue weighted by Crippen LogP contribution is 2.54. The van der Waals surface area contributed by atoms with E-state index in [1.165, 1.54) is 11.8 Å². The van der Waals surface area contributed by atoms with Gasteiger partial charge in [0, 0.05) is 4.75 Å². The van der Waals surface area contributed by atoms with Crippen LogP contribution in [0.15, 0.2) is 60.7 Å². The third-order valence-corrected chi connectivity index (χ3v) is 7.58. The summed E-state index contributed by atoms with van der Waals surface area (Å²) in [4.78, 5) is 40.2. The monoisotopic (exact) mass is 438 g/mol. The molecule has 2 aromatic carbocycles. The Balaban J connectivity index is 1.44. The van der Waals surface area contributed by atoms with E-state index in [1.807, 2.05) is 74.5 Å². The first-order chi connectivity index (χ1) is 14.7. The van der Waals surface area contributed by atoms with Gasteiger partial charge in [0.2, 0.25) is 5.91 Å². The number of carbonyl (C=O) groups excluding carboxylic acids is 3. The molecule has 31 heavy (non-hydrogen) atoms. The van der Waals surface area contributed by atoms with Gasteiger partial charge < -0.3 is 15.0 Å². The van der Waals surface area contributed by atoms with Crippen molar-refractivity contribution < 1.29 is 19.1 Å². The summed E-state index contributed by atoms with van der Waals surface area (Å²) < 4.78 is 5.01. The highest BCUT2D eigenvalue weighted by atomic mass is 32.2. The number of rotatable bonds is 6. The quantitative estimate of drug-likeness (QED) is 0.554. The fourth-order valence-electron chi connectivity index (χ4n) is 4.24. The summed E-state index contributed by atoms with van der Waals surface area (Å²) >= 11 is 1.52. The number of nitrogens with zero attached hydrogens (tertiary/aromatic N) is 1. The van der Waals surface area contributed by atoms with E-state index >= 15 is 0 Å². The van der Waals surface area contributed by atoms with Gasteiger partial charge >= 0.3 is 5.97 Å². The minimum Gasteiger partial charge on any atom is -0.459 e. The molecule has 2 aromatic rings. The fourth-order valence-corrected chi connectivity index (χ4v) is 5.88. The minimum atomic E-state index is -1.04. The van der Waals surface area contributed by atoms with Gasteiger partial charge in [0.1, 0.15) is 23.6 Å². The SMILES string of the molecule is CC1(C)S[C@H]2N(C(=O)[C@@]2(C)NC(=O)Cc2ccccc2)[C@H]1C(=O)OCc1ccccc1. The zero-order valence-corrected chi connectivity index (χ0v) is 18.6. The zero-order chi connectivity index (χ0) is 22.2. The number of thioether (sulfide) groups is 1. The smallest absolute Gasteiger partial charge is 0.330 e. The van der Waals surface area contributed by atoms with Gasteiger partial charge in [0.25, 0.3) is 5.91 Å². The molecule has 0 radical (unpaired) electrons. The highest BCUT2D eigenvalue weighted by molar-refractivity contribution is 8.01. The predicted molar refractivity (Wildman–Crippen MR) is 119 cm³/mol. The van der Waals surface area contributed by atoms with E-state index in [0.29, 0.717) is 0 Å². The largest absolute Gasteiger partial charge is 0.459 e. The maximum absolute atomic E-state index is 13.1. The Labute approximate surface area is 186 Å². The molecule has 2 aliphatic heterocycles. The summed E-state index contributed by atoms with van der Waals surface area (Å²) in [5.74, 6) is -0.885. The van der Waals surface area contributed by atoms with Crippen LogP contribution in [0.4, 0.5) is 0 Å². The normalized spacial score (nSPS) is 26.0. The van der Waals surface area contributed by atoms with Crippen LogP contribution in [0.2, 0.25) is 0 Å². The molecule has 7 heteroatoms. The fraction of sp³-hybridized carbons (Fsp3) is 0.375. The van der Waals surface area contributed by atoms with Crippen LogP contribution in [0.3, 0.4) is 0 Å². The second kappa shape index (κ2) is 8.04. The second-order valence-electron chi connectivity index (χ2n) is 8.69. The summed E-state index contributed by atoms with van der Waals surface area (Å²) in [6.45, 7) is 5.77. The van der Waals surface area contributed by atoms with Crippen LogP contribution in [0.25, 0.3) is 0 Å². The molecule has 0 unspecified atom stereocenters. The third kappa shape index (κ3) is 3.94. The molecule has 2 amide bonds. The van der Waals surface area contributed by atoms with Crippen molar-refractivity contribution in [1.29, 1.82) is 0 Å². The Morgan fingerprint density at radius 3 is 2.19 bits per heavy atom. The molecule has 0 aliphatic carbocycles. The molecule has 1 N–H and O–H groups in total. The van der Waals surface area contributed by atoms with Crippen molar-refractivity contribution in [2.45, 2.75) is 55.5 Å². The van der Waals surface area contributed by atoms with Crippen LogP contribution in [0, 0.1) is 0 Å². The van der Waals surface area contributed by atoms with Gasteiger partial charge in [-0.25, -0.2) is 4.79 Å². The lowest BCUT2D eigenvalue weighted by atomic mass is 9.86. The topological polar surface area (TPSA) is 75.7 Å². The maximum Gasteiger partial charge on any atom is 0.330 e. The molecular formula is C24H26N2O4S. The van der Waals surface area contributed by atoms with Crippen LogP contribution in [0.5, 0.6) is 0 Å². The molecule has 0 spiro atoms. The summed E-state index contributed by atoms with van der Waals surface area (Å²) in [7, 11) is 0. The van der Waals surface area contributed by atoms with Crippen molar-refractivity contribution in [3.63, 3.8) is 0 Å². The van der Waals surface area contributed by atoms with Gasteiger partial charge in [-0.05, 0) is 31.9 Å². The van der Waals surface area contributed by atoms with E-state index in [1.54, 1.807) is 11.8 Å². The second-order valence-corrected chi connectivity index (χ2v) is 10.4. The molecular weight excluding hydrogens is 412 g/mol. The summed E-state index contributed by atoms with van der Waals surface area (Å²) in [5.41, 5.74) is 0.736. The number of nitrogens with one attached hydrogen (secondary N) is 1. The van der Waals surface area contributed by atoms with E-state index in [9.17, 15) is 14.4 Å². The van der Waals surface area contributed by atoms with Gasteiger partial charge in [0.15, 0.2) is 0 Å². The molecule has 2 heterocycles. The van der Waals surface area contributed by atoms with Crippen LogP contribution < -0.4 is 5.32 Å². The van der Waals surface area contributed by atoms with Crippen LogP contribution in [-0.2, 0) is 32.1 Å². The van der Waals surface area contributed by atoms with Gasteiger partial charge in [-0.3, -0.25) is 9.59 Å². The van der Waals surface area contributed by atoms with Crippen molar-refractivity contribution in [3.8, 4) is 0 Å². The molecule has 2 aliphatic rings. The van der Waals surface area contributed by atoms with E-state index in [0.717, 1.165) is 11.1 Å². The van der Waals surface area contributed by atoms with Crippen LogP contribution in [0.1, 0.15) is 31.9 Å². The number of esters is 1. The number of β-lactam (4-membered cyclic amide) rings is 1. The van der Waals surface area contributed by atoms with E-state index in [4.69, 9.17) is 4.74 Å². The van der Waals surface area contributed by atoms with Crippen molar-refractivity contribution in [2.24, 2.45) is 0 Å². The molecule has 0 aromatic heterocycles. The van der Waals surface area contributed by atoms with Gasteiger partial charge in [-0.15, -0.1) is 11.8 Å². The number of ether oxygens (including phenoxy) is 1. The van der Waals surface area contributed by atoms with Crippen molar-refractivity contribution >= 4 is 29.5 Å². The Kier molecular flexibility index (Phi) is 5.56. The molecule has 0 saturated carbocycles. The lowest BCUT2D eigenvalue weighted by Gasteiger charge is -2.51. The van der Waals surface area contributed by atoms with Gasteiger partial charge in [0.05, 0.1) is 6.42 Å². The first-order valence-corrected chi connectivity index (χ1v) is 11.2. The first kappa shape index (κ1) is 21.4. The summed E-state index contributed by atoms with van der Waals surface area (Å²) in [5, 5.41) is 2.60. The van der Waals surface area contributed by atoms with Gasteiger partial charge in [-0.1, -0.05) is 60.7 Å². The van der Waals surface area contributed by atoms with Gasteiger partial charge in [-0.2, -0.15) is 0 Å². The number of hydrogen-bond donors (Lipinski definition) is 1. The van der Waals surface area contributed by atoms with E-state index in [-0.39, 0.29) is 30.2 Å². The predicted octanol–water partition coefficient (Wildman–Crippen LogP) is 2.91. The van der Waals surface area contributed by atoms with Crippen LogP contribution >= 0.6 is 11.8 Å². The average Bonchev–Trinajstić information content (AvgIpc) is 3.02. The maximum atomic E-state index is 13.1. The lowest BCUT2D eigenvalue weighted by molar-refractivity contribution is -0.170. The van der Waals surface area contributed by atoms with Crippen molar-refractivity contribution in [2.75, 3.05) is 0 Å². The molecule has 162 valence electrons. The third-order valence-electron chi connectivity index (χ3n) is 5.83. The number of benzene rings is 2. The Morgan fingerprint density at radius 2 is 1.58 bits per heavy atom. The molecule has 0 bridgehead atoms. The molecule has 2 saturated heterocycles. The average molecular weight is 439 g/mol. The standard InChI is InChI=1S/C24H26N2O4S/c1-23(2)19(20(28)30-15-17-12-8-5-9-13-17)26-21(29)24(3,22(26)31-23)25-18(27)14-16-10-6-4-7-11-16/h4-13,19,22H,14-15H2,1-3H3,(H,25,27)/t19-,22+,24+/m0/s1. The number of fused-ring (bicyclic) bond motifs is 1. The summed E-state index contributed by atoms with van der Waals surface area (Å²) in [6.07, 6.45) is 0.201.